The van der Waals surface area contributed by atoms with Crippen LogP contribution in [-0.2, 0) is 22.6 Å². The molecular weight excluding hydrogens is 386 g/mol. The molecule has 31 heavy (non-hydrogen) atoms. The molecule has 154 valence electrons. The highest BCUT2D eigenvalue weighted by molar-refractivity contribution is 6.04. The van der Waals surface area contributed by atoms with Crippen LogP contribution in [0.4, 0.5) is 0 Å². The van der Waals surface area contributed by atoms with E-state index in [4.69, 9.17) is 4.74 Å². The van der Waals surface area contributed by atoms with Crippen LogP contribution in [0.15, 0.2) is 103 Å². The van der Waals surface area contributed by atoms with Gasteiger partial charge in [0, 0.05) is 13.1 Å². The van der Waals surface area contributed by atoms with E-state index in [0.717, 1.165) is 21.9 Å². The molecule has 0 N–H and O–H groups in total. The monoisotopic (exact) mass is 409 g/mol. The van der Waals surface area contributed by atoms with Gasteiger partial charge in [0.25, 0.3) is 5.91 Å². The number of ether oxygens (including phenoxy) is 1. The van der Waals surface area contributed by atoms with Crippen molar-refractivity contribution in [3.63, 3.8) is 0 Å². The molecule has 0 saturated carbocycles. The number of hydrogen-bond donors (Lipinski definition) is 0. The van der Waals surface area contributed by atoms with Crippen LogP contribution in [0.2, 0.25) is 0 Å². The summed E-state index contributed by atoms with van der Waals surface area (Å²) in [5.41, 5.74) is 2.50. The lowest BCUT2D eigenvalue weighted by atomic mass is 10.1. The molecule has 0 aromatic heterocycles. The van der Waals surface area contributed by atoms with Crippen molar-refractivity contribution in [1.82, 2.24) is 4.90 Å². The first-order chi connectivity index (χ1) is 15.2. The van der Waals surface area contributed by atoms with Gasteiger partial charge in [0.15, 0.2) is 6.61 Å². The lowest BCUT2D eigenvalue weighted by molar-refractivity contribution is -0.135. The lowest BCUT2D eigenvalue weighted by Crippen LogP contribution is -2.34. The predicted molar refractivity (Wildman–Crippen MR) is 121 cm³/mol. The summed E-state index contributed by atoms with van der Waals surface area (Å²) in [4.78, 5) is 27.4. The molecule has 0 aliphatic heterocycles. The molecule has 4 aromatic carbocycles. The maximum Gasteiger partial charge on any atom is 0.339 e. The molecule has 4 rings (SSSR count). The molecule has 0 bridgehead atoms. The first-order valence-electron chi connectivity index (χ1n) is 10.2. The number of carbonyl (C=O) groups is 2. The zero-order chi connectivity index (χ0) is 21.5. The molecule has 0 aliphatic carbocycles. The van der Waals surface area contributed by atoms with Crippen molar-refractivity contribution >= 4 is 22.6 Å². The van der Waals surface area contributed by atoms with Gasteiger partial charge in [0.05, 0.1) is 5.56 Å². The number of benzene rings is 4. The largest absolute Gasteiger partial charge is 0.452 e. The van der Waals surface area contributed by atoms with Crippen LogP contribution in [-0.4, -0.2) is 23.4 Å². The third-order valence-corrected chi connectivity index (χ3v) is 5.12. The summed E-state index contributed by atoms with van der Waals surface area (Å²) < 4.78 is 5.42. The summed E-state index contributed by atoms with van der Waals surface area (Å²) in [6, 6.07) is 32.7. The standard InChI is InChI=1S/C27H23NO3/c29-26(20-31-27(30)25-17-9-15-23-14-7-8-16-24(23)25)28(18-21-10-3-1-4-11-21)19-22-12-5-2-6-13-22/h1-17H,18-20H2. The number of fused-ring (bicyclic) bond motifs is 1. The topological polar surface area (TPSA) is 46.6 Å². The summed E-state index contributed by atoms with van der Waals surface area (Å²) in [5, 5.41) is 1.77. The quantitative estimate of drug-likeness (QED) is 0.393. The van der Waals surface area contributed by atoms with E-state index >= 15 is 0 Å². The van der Waals surface area contributed by atoms with Crippen molar-refractivity contribution in [2.24, 2.45) is 0 Å². The van der Waals surface area contributed by atoms with E-state index in [2.05, 4.69) is 0 Å². The molecule has 1 amide bonds. The van der Waals surface area contributed by atoms with Crippen LogP contribution in [0.25, 0.3) is 10.8 Å². The Labute approximate surface area is 181 Å². The smallest absolute Gasteiger partial charge is 0.339 e. The summed E-state index contributed by atoms with van der Waals surface area (Å²) in [6.07, 6.45) is 0. The van der Waals surface area contributed by atoms with Crippen molar-refractivity contribution in [2.45, 2.75) is 13.1 Å². The molecule has 0 saturated heterocycles. The number of carbonyl (C=O) groups excluding carboxylic acids is 2. The van der Waals surface area contributed by atoms with E-state index in [0.29, 0.717) is 18.7 Å². The number of amides is 1. The number of nitrogens with zero attached hydrogens (tertiary/aromatic N) is 1. The Morgan fingerprint density at radius 1 is 0.645 bits per heavy atom. The molecule has 4 heteroatoms. The molecule has 4 aromatic rings. The van der Waals surface area contributed by atoms with E-state index in [-0.39, 0.29) is 12.5 Å². The predicted octanol–water partition coefficient (Wildman–Crippen LogP) is 5.23. The Bertz CT molecular complexity index is 1130. The van der Waals surface area contributed by atoms with Crippen molar-refractivity contribution in [3.05, 3.63) is 120 Å². The van der Waals surface area contributed by atoms with Gasteiger partial charge < -0.3 is 9.64 Å². The van der Waals surface area contributed by atoms with Gasteiger partial charge in [-0.25, -0.2) is 4.79 Å². The molecular formula is C27H23NO3. The lowest BCUT2D eigenvalue weighted by Gasteiger charge is -2.23. The Kier molecular flexibility index (Phi) is 6.38. The summed E-state index contributed by atoms with van der Waals surface area (Å²) in [6.45, 7) is 0.586. The van der Waals surface area contributed by atoms with Crippen LogP contribution in [0.1, 0.15) is 21.5 Å². The SMILES string of the molecule is O=C(OCC(=O)N(Cc1ccccc1)Cc1ccccc1)c1cccc2ccccc12. The molecule has 0 spiro atoms. The second-order valence-corrected chi connectivity index (χ2v) is 7.32. The Morgan fingerprint density at radius 2 is 1.19 bits per heavy atom. The number of rotatable bonds is 7. The fraction of sp³-hybridized carbons (Fsp3) is 0.111. The molecule has 0 aliphatic rings. The first-order valence-corrected chi connectivity index (χ1v) is 10.2. The van der Waals surface area contributed by atoms with Crippen LogP contribution >= 0.6 is 0 Å². The van der Waals surface area contributed by atoms with Crippen LogP contribution in [0, 0.1) is 0 Å². The summed E-state index contributed by atoms with van der Waals surface area (Å²) in [7, 11) is 0. The Hall–Kier alpha value is -3.92. The van der Waals surface area contributed by atoms with Gasteiger partial charge in [-0.05, 0) is 28.0 Å². The number of esters is 1. The maximum atomic E-state index is 13.0. The van der Waals surface area contributed by atoms with E-state index in [1.165, 1.54) is 0 Å². The molecule has 0 fully saturated rings. The molecule has 0 unspecified atom stereocenters. The number of hydrogen-bond acceptors (Lipinski definition) is 3. The molecule has 0 atom stereocenters. The Morgan fingerprint density at radius 3 is 1.84 bits per heavy atom. The fourth-order valence-electron chi connectivity index (χ4n) is 3.54. The van der Waals surface area contributed by atoms with Crippen molar-refractivity contribution in [2.75, 3.05) is 6.61 Å². The van der Waals surface area contributed by atoms with Gasteiger partial charge in [-0.15, -0.1) is 0 Å². The van der Waals surface area contributed by atoms with Crippen LogP contribution < -0.4 is 0 Å². The highest BCUT2D eigenvalue weighted by Gasteiger charge is 2.18. The highest BCUT2D eigenvalue weighted by Crippen LogP contribution is 2.19. The Balaban J connectivity index is 1.48. The molecule has 0 heterocycles. The first kappa shape index (κ1) is 20.4. The second kappa shape index (κ2) is 9.72. The molecule has 4 nitrogen and oxygen atoms in total. The average molecular weight is 409 g/mol. The van der Waals surface area contributed by atoms with Crippen molar-refractivity contribution in [3.8, 4) is 0 Å². The normalized spacial score (nSPS) is 10.6. The minimum Gasteiger partial charge on any atom is -0.452 e. The third kappa shape index (κ3) is 5.17. The summed E-state index contributed by atoms with van der Waals surface area (Å²) >= 11 is 0. The highest BCUT2D eigenvalue weighted by atomic mass is 16.5. The van der Waals surface area contributed by atoms with Gasteiger partial charge in [0.1, 0.15) is 0 Å². The van der Waals surface area contributed by atoms with E-state index in [9.17, 15) is 9.59 Å². The average Bonchev–Trinajstić information content (AvgIpc) is 2.83. The zero-order valence-corrected chi connectivity index (χ0v) is 17.1. The van der Waals surface area contributed by atoms with Gasteiger partial charge in [-0.1, -0.05) is 97.1 Å². The fourth-order valence-corrected chi connectivity index (χ4v) is 3.54. The van der Waals surface area contributed by atoms with Gasteiger partial charge in [-0.3, -0.25) is 4.79 Å². The van der Waals surface area contributed by atoms with Crippen LogP contribution in [0.3, 0.4) is 0 Å². The van der Waals surface area contributed by atoms with Crippen molar-refractivity contribution < 1.29 is 14.3 Å². The zero-order valence-electron chi connectivity index (χ0n) is 17.1. The summed E-state index contributed by atoms with van der Waals surface area (Å²) in [5.74, 6) is -0.731. The van der Waals surface area contributed by atoms with Crippen molar-refractivity contribution in [1.29, 1.82) is 0 Å². The molecule has 0 radical (unpaired) electrons. The third-order valence-electron chi connectivity index (χ3n) is 5.12. The maximum absolute atomic E-state index is 13.0. The minimum atomic E-state index is -0.496. The van der Waals surface area contributed by atoms with E-state index in [1.54, 1.807) is 11.0 Å². The van der Waals surface area contributed by atoms with Crippen LogP contribution in [0.5, 0.6) is 0 Å². The second-order valence-electron chi connectivity index (χ2n) is 7.32. The van der Waals surface area contributed by atoms with E-state index < -0.39 is 5.97 Å². The van der Waals surface area contributed by atoms with Gasteiger partial charge in [0.2, 0.25) is 0 Å². The van der Waals surface area contributed by atoms with Gasteiger partial charge in [-0.2, -0.15) is 0 Å². The van der Waals surface area contributed by atoms with Gasteiger partial charge >= 0.3 is 5.97 Å². The van der Waals surface area contributed by atoms with E-state index in [1.807, 2.05) is 97.1 Å². The minimum absolute atomic E-state index is 0.235.